The maximum Gasteiger partial charge on any atom is 0.247 e. The molecular formula is C16H16N2O. The molecule has 3 rings (SSSR count). The molecule has 2 atom stereocenters. The Balaban J connectivity index is 2.07. The Labute approximate surface area is 112 Å². The zero-order valence-electron chi connectivity index (χ0n) is 10.8. The third-order valence-electron chi connectivity index (χ3n) is 3.93. The van der Waals surface area contributed by atoms with Crippen molar-refractivity contribution in [3.63, 3.8) is 0 Å². The number of carbonyl (C=O) groups excluding carboxylic acids is 1. The summed E-state index contributed by atoms with van der Waals surface area (Å²) in [6.07, 6.45) is 0. The average Bonchev–Trinajstić information content (AvgIpc) is 2.48. The van der Waals surface area contributed by atoms with Gasteiger partial charge < -0.3 is 5.73 Å². The fraction of sp³-hybridized carbons (Fsp3) is 0.188. The largest absolute Gasteiger partial charge is 0.318 e. The van der Waals surface area contributed by atoms with Crippen molar-refractivity contribution in [3.8, 4) is 0 Å². The Morgan fingerprint density at radius 1 is 1.00 bits per heavy atom. The van der Waals surface area contributed by atoms with Crippen LogP contribution in [0.1, 0.15) is 12.5 Å². The molecule has 0 radical (unpaired) electrons. The summed E-state index contributed by atoms with van der Waals surface area (Å²) in [5.41, 5.74) is 7.55. The smallest absolute Gasteiger partial charge is 0.247 e. The molecule has 0 unspecified atom stereocenters. The summed E-state index contributed by atoms with van der Waals surface area (Å²) in [5.74, 6) is -0.0300. The van der Waals surface area contributed by atoms with Crippen molar-refractivity contribution >= 4 is 11.6 Å². The molecule has 3 nitrogen and oxygen atoms in total. The van der Waals surface area contributed by atoms with E-state index in [1.165, 1.54) is 0 Å². The van der Waals surface area contributed by atoms with E-state index >= 15 is 0 Å². The zero-order valence-corrected chi connectivity index (χ0v) is 10.8. The Hall–Kier alpha value is -2.13. The van der Waals surface area contributed by atoms with Crippen molar-refractivity contribution in [3.05, 3.63) is 66.2 Å². The molecule has 1 fully saturated rings. The van der Waals surface area contributed by atoms with Crippen molar-refractivity contribution in [2.45, 2.75) is 18.5 Å². The molecule has 1 aliphatic heterocycles. The third kappa shape index (κ3) is 1.59. The second kappa shape index (κ2) is 4.21. The highest BCUT2D eigenvalue weighted by Crippen LogP contribution is 2.43. The van der Waals surface area contributed by atoms with Crippen LogP contribution >= 0.6 is 0 Å². The van der Waals surface area contributed by atoms with Crippen LogP contribution in [0.4, 0.5) is 5.69 Å². The predicted octanol–water partition coefficient (Wildman–Crippen LogP) is 2.28. The van der Waals surface area contributed by atoms with Gasteiger partial charge in [-0.05, 0) is 24.6 Å². The van der Waals surface area contributed by atoms with E-state index in [1.54, 1.807) is 4.90 Å². The highest BCUT2D eigenvalue weighted by Gasteiger charge is 2.56. The molecule has 2 aromatic rings. The number of amides is 1. The summed E-state index contributed by atoms with van der Waals surface area (Å²) in [6.45, 7) is 2.02. The molecule has 1 aliphatic rings. The number of hydrogen-bond acceptors (Lipinski definition) is 2. The standard InChI is InChI=1S/C16H16N2O/c1-16(12-8-4-2-5-9-12)14(17)15(19)18(16)13-10-6-3-7-11-13/h2-11,14H,17H2,1H3/t14-,16-/m0/s1. The SMILES string of the molecule is C[C@]1(c2ccccc2)[C@@H](N)C(=O)N1c1ccccc1. The number of nitrogens with zero attached hydrogens (tertiary/aromatic N) is 1. The molecule has 1 saturated heterocycles. The first-order valence-corrected chi connectivity index (χ1v) is 6.36. The van der Waals surface area contributed by atoms with Crippen LogP contribution in [0.2, 0.25) is 0 Å². The summed E-state index contributed by atoms with van der Waals surface area (Å²) in [4.78, 5) is 13.9. The van der Waals surface area contributed by atoms with Gasteiger partial charge in [0.2, 0.25) is 5.91 Å². The molecule has 0 aliphatic carbocycles. The van der Waals surface area contributed by atoms with Crippen LogP contribution in [0.25, 0.3) is 0 Å². The van der Waals surface area contributed by atoms with Gasteiger partial charge in [0.1, 0.15) is 6.04 Å². The number of hydrogen-bond donors (Lipinski definition) is 1. The van der Waals surface area contributed by atoms with Gasteiger partial charge in [-0.3, -0.25) is 9.69 Å². The summed E-state index contributed by atoms with van der Waals surface area (Å²) < 4.78 is 0. The molecule has 0 saturated carbocycles. The van der Waals surface area contributed by atoms with E-state index in [9.17, 15) is 4.79 Å². The topological polar surface area (TPSA) is 46.3 Å². The van der Waals surface area contributed by atoms with Crippen molar-refractivity contribution < 1.29 is 4.79 Å². The van der Waals surface area contributed by atoms with Crippen molar-refractivity contribution in [1.29, 1.82) is 0 Å². The lowest BCUT2D eigenvalue weighted by Gasteiger charge is -2.54. The molecule has 0 spiro atoms. The minimum atomic E-state index is -0.491. The van der Waals surface area contributed by atoms with Gasteiger partial charge in [-0.15, -0.1) is 0 Å². The van der Waals surface area contributed by atoms with Gasteiger partial charge in [0.15, 0.2) is 0 Å². The Morgan fingerprint density at radius 2 is 1.53 bits per heavy atom. The first kappa shape index (κ1) is 11.9. The van der Waals surface area contributed by atoms with E-state index in [2.05, 4.69) is 0 Å². The van der Waals surface area contributed by atoms with Crippen LogP contribution in [-0.2, 0) is 10.3 Å². The van der Waals surface area contributed by atoms with Crippen LogP contribution < -0.4 is 10.6 Å². The molecule has 1 amide bonds. The number of para-hydroxylation sites is 1. The number of benzene rings is 2. The maximum absolute atomic E-state index is 12.2. The monoisotopic (exact) mass is 252 g/mol. The first-order chi connectivity index (χ1) is 9.15. The van der Waals surface area contributed by atoms with E-state index in [-0.39, 0.29) is 5.91 Å². The maximum atomic E-state index is 12.2. The molecular weight excluding hydrogens is 236 g/mol. The number of rotatable bonds is 2. The molecule has 3 heteroatoms. The fourth-order valence-electron chi connectivity index (χ4n) is 2.74. The Kier molecular flexibility index (Phi) is 2.64. The predicted molar refractivity (Wildman–Crippen MR) is 75.7 cm³/mol. The first-order valence-electron chi connectivity index (χ1n) is 6.36. The van der Waals surface area contributed by atoms with E-state index in [1.807, 2.05) is 67.6 Å². The molecule has 2 aromatic carbocycles. The second-order valence-corrected chi connectivity index (χ2v) is 5.00. The zero-order chi connectivity index (χ0) is 13.5. The lowest BCUT2D eigenvalue weighted by molar-refractivity contribution is -0.129. The van der Waals surface area contributed by atoms with Crippen molar-refractivity contribution in [2.24, 2.45) is 5.73 Å². The number of anilines is 1. The van der Waals surface area contributed by atoms with Crippen LogP contribution in [0.15, 0.2) is 60.7 Å². The lowest BCUT2D eigenvalue weighted by atomic mass is 9.74. The minimum absolute atomic E-state index is 0.0300. The van der Waals surface area contributed by atoms with Gasteiger partial charge in [-0.2, -0.15) is 0 Å². The van der Waals surface area contributed by atoms with Gasteiger partial charge in [0.25, 0.3) is 0 Å². The summed E-state index contributed by atoms with van der Waals surface area (Å²) in [5, 5.41) is 0. The Morgan fingerprint density at radius 3 is 2.11 bits per heavy atom. The highest BCUT2D eigenvalue weighted by atomic mass is 16.2. The van der Waals surface area contributed by atoms with Gasteiger partial charge in [0, 0.05) is 5.69 Å². The molecule has 19 heavy (non-hydrogen) atoms. The summed E-state index contributed by atoms with van der Waals surface area (Å²) >= 11 is 0. The minimum Gasteiger partial charge on any atom is -0.318 e. The number of β-lactam (4-membered cyclic amide) rings is 1. The molecule has 1 heterocycles. The van der Waals surface area contributed by atoms with Crippen molar-refractivity contribution in [2.75, 3.05) is 4.90 Å². The van der Waals surface area contributed by atoms with Gasteiger partial charge in [-0.25, -0.2) is 0 Å². The normalized spacial score (nSPS) is 26.1. The van der Waals surface area contributed by atoms with Gasteiger partial charge in [-0.1, -0.05) is 48.5 Å². The molecule has 0 aromatic heterocycles. The highest BCUT2D eigenvalue weighted by molar-refractivity contribution is 6.07. The lowest BCUT2D eigenvalue weighted by Crippen LogP contribution is -2.74. The van der Waals surface area contributed by atoms with E-state index < -0.39 is 11.6 Å². The quantitative estimate of drug-likeness (QED) is 0.833. The molecule has 96 valence electrons. The van der Waals surface area contributed by atoms with Gasteiger partial charge >= 0.3 is 0 Å². The number of carbonyl (C=O) groups is 1. The average molecular weight is 252 g/mol. The van der Waals surface area contributed by atoms with Crippen molar-refractivity contribution in [1.82, 2.24) is 0 Å². The van der Waals surface area contributed by atoms with Crippen LogP contribution in [0.5, 0.6) is 0 Å². The van der Waals surface area contributed by atoms with Crippen LogP contribution in [0.3, 0.4) is 0 Å². The van der Waals surface area contributed by atoms with Crippen LogP contribution in [-0.4, -0.2) is 11.9 Å². The summed E-state index contributed by atoms with van der Waals surface area (Å²) in [7, 11) is 0. The van der Waals surface area contributed by atoms with E-state index in [4.69, 9.17) is 5.73 Å². The Bertz CT molecular complexity index is 597. The third-order valence-corrected chi connectivity index (χ3v) is 3.93. The number of nitrogens with two attached hydrogens (primary N) is 1. The second-order valence-electron chi connectivity index (χ2n) is 5.00. The van der Waals surface area contributed by atoms with Gasteiger partial charge in [0.05, 0.1) is 5.54 Å². The van der Waals surface area contributed by atoms with E-state index in [0.717, 1.165) is 11.3 Å². The van der Waals surface area contributed by atoms with Crippen LogP contribution in [0, 0.1) is 0 Å². The molecule has 2 N–H and O–H groups in total. The molecule has 0 bridgehead atoms. The summed E-state index contributed by atoms with van der Waals surface area (Å²) in [6, 6.07) is 19.1. The fourth-order valence-corrected chi connectivity index (χ4v) is 2.74. The van der Waals surface area contributed by atoms with E-state index in [0.29, 0.717) is 0 Å².